The summed E-state index contributed by atoms with van der Waals surface area (Å²) in [5, 5.41) is 2.30. The number of carbonyl (C=O) groups is 1. The maximum absolute atomic E-state index is 12.9. The number of nitrogens with two attached hydrogens (primary N) is 1. The quantitative estimate of drug-likeness (QED) is 0.676. The zero-order chi connectivity index (χ0) is 11.1. The van der Waals surface area contributed by atoms with Crippen LogP contribution in [-0.2, 0) is 0 Å². The monoisotopic (exact) mass is 198 g/mol. The first kappa shape index (κ1) is 12.4. The lowest BCUT2D eigenvalue weighted by Crippen LogP contribution is -2.20. The number of halogens is 1. The van der Waals surface area contributed by atoms with E-state index in [1.54, 1.807) is 0 Å². The van der Waals surface area contributed by atoms with Crippen LogP contribution in [0.5, 0.6) is 0 Å². The highest BCUT2D eigenvalue weighted by molar-refractivity contribution is 5.99. The number of amides is 1. The second-order valence-electron chi connectivity index (χ2n) is 2.28. The molecule has 0 radical (unpaired) electrons. The predicted octanol–water partition coefficient (Wildman–Crippen LogP) is 1.79. The van der Waals surface area contributed by atoms with Gasteiger partial charge in [0.15, 0.2) is 0 Å². The van der Waals surface area contributed by atoms with Crippen molar-refractivity contribution in [3.05, 3.63) is 29.6 Å². The molecule has 0 aliphatic carbocycles. The van der Waals surface area contributed by atoms with Gasteiger partial charge >= 0.3 is 0 Å². The van der Waals surface area contributed by atoms with Crippen molar-refractivity contribution < 1.29 is 9.18 Å². The van der Waals surface area contributed by atoms with Gasteiger partial charge in [0.25, 0.3) is 5.91 Å². The number of nitrogens with one attached hydrogen (secondary N) is 1. The van der Waals surface area contributed by atoms with E-state index in [9.17, 15) is 9.18 Å². The number of carbonyl (C=O) groups excluding carboxylic acids is 1. The second kappa shape index (κ2) is 5.96. The number of hydrogen-bond donors (Lipinski definition) is 2. The molecule has 0 heterocycles. The minimum absolute atomic E-state index is 0.0972. The van der Waals surface area contributed by atoms with E-state index in [1.807, 2.05) is 13.8 Å². The smallest absolute Gasteiger partial charge is 0.256 e. The molecule has 78 valence electrons. The van der Waals surface area contributed by atoms with E-state index in [2.05, 4.69) is 5.32 Å². The van der Waals surface area contributed by atoms with Crippen molar-refractivity contribution in [2.24, 2.45) is 0 Å². The number of nitrogen functional groups attached to an aromatic ring is 1. The molecule has 0 unspecified atom stereocenters. The third-order valence-corrected chi connectivity index (χ3v) is 1.50. The second-order valence-corrected chi connectivity index (χ2v) is 2.28. The van der Waals surface area contributed by atoms with E-state index < -0.39 is 11.7 Å². The zero-order valence-corrected chi connectivity index (χ0v) is 8.60. The van der Waals surface area contributed by atoms with Gasteiger partial charge in [0.05, 0.1) is 5.56 Å². The highest BCUT2D eigenvalue weighted by Crippen LogP contribution is 2.14. The summed E-state index contributed by atoms with van der Waals surface area (Å²) < 4.78 is 12.9. The van der Waals surface area contributed by atoms with Crippen LogP contribution in [-0.4, -0.2) is 13.0 Å². The Morgan fingerprint density at radius 1 is 1.43 bits per heavy atom. The van der Waals surface area contributed by atoms with Gasteiger partial charge in [-0.1, -0.05) is 19.9 Å². The predicted molar refractivity (Wildman–Crippen MR) is 55.6 cm³/mol. The van der Waals surface area contributed by atoms with Crippen molar-refractivity contribution in [1.29, 1.82) is 0 Å². The summed E-state index contributed by atoms with van der Waals surface area (Å²) in [5.41, 5.74) is 5.45. The Balaban J connectivity index is 0.000000791. The maximum Gasteiger partial charge on any atom is 0.256 e. The molecular formula is C10H15FN2O. The lowest BCUT2D eigenvalue weighted by Gasteiger charge is -2.03. The molecule has 0 aliphatic heterocycles. The van der Waals surface area contributed by atoms with E-state index in [1.165, 1.54) is 25.2 Å². The Bertz CT molecular complexity index is 293. The van der Waals surface area contributed by atoms with Gasteiger partial charge in [-0.2, -0.15) is 0 Å². The Labute approximate surface area is 83.1 Å². The van der Waals surface area contributed by atoms with E-state index in [-0.39, 0.29) is 11.3 Å². The van der Waals surface area contributed by atoms with E-state index in [4.69, 9.17) is 5.73 Å². The number of hydrogen-bond acceptors (Lipinski definition) is 2. The Hall–Kier alpha value is -1.58. The van der Waals surface area contributed by atoms with E-state index >= 15 is 0 Å². The van der Waals surface area contributed by atoms with E-state index in [0.29, 0.717) is 0 Å². The first-order valence-corrected chi connectivity index (χ1v) is 4.43. The van der Waals surface area contributed by atoms with Crippen molar-refractivity contribution in [2.75, 3.05) is 12.8 Å². The summed E-state index contributed by atoms with van der Waals surface area (Å²) in [6, 6.07) is 4.13. The zero-order valence-electron chi connectivity index (χ0n) is 8.60. The van der Waals surface area contributed by atoms with Crippen LogP contribution in [0.2, 0.25) is 0 Å². The van der Waals surface area contributed by atoms with Crippen LogP contribution in [0.15, 0.2) is 18.2 Å². The summed E-state index contributed by atoms with van der Waals surface area (Å²) in [7, 11) is 1.42. The van der Waals surface area contributed by atoms with Crippen LogP contribution in [0, 0.1) is 5.82 Å². The lowest BCUT2D eigenvalue weighted by atomic mass is 10.1. The summed E-state index contributed by atoms with van der Waals surface area (Å²) in [4.78, 5) is 11.0. The van der Waals surface area contributed by atoms with Crippen molar-refractivity contribution in [3.8, 4) is 0 Å². The fraction of sp³-hybridized carbons (Fsp3) is 0.300. The Kier molecular flexibility index (Phi) is 5.29. The molecule has 0 fully saturated rings. The van der Waals surface area contributed by atoms with Gasteiger partial charge < -0.3 is 11.1 Å². The van der Waals surface area contributed by atoms with Gasteiger partial charge in [-0.05, 0) is 12.1 Å². The summed E-state index contributed by atoms with van der Waals surface area (Å²) in [6.45, 7) is 4.00. The largest absolute Gasteiger partial charge is 0.398 e. The SMILES string of the molecule is CC.CNC(=O)c1c(N)cccc1F. The highest BCUT2D eigenvalue weighted by Gasteiger charge is 2.12. The molecule has 3 nitrogen and oxygen atoms in total. The first-order chi connectivity index (χ1) is 6.66. The molecule has 0 saturated heterocycles. The van der Waals surface area contributed by atoms with Crippen molar-refractivity contribution >= 4 is 11.6 Å². The standard InChI is InChI=1S/C8H9FN2O.C2H6/c1-11-8(12)7-5(9)3-2-4-6(7)10;1-2/h2-4H,10H2,1H3,(H,11,12);1-2H3. The number of benzene rings is 1. The topological polar surface area (TPSA) is 55.1 Å². The van der Waals surface area contributed by atoms with Crippen LogP contribution >= 0.6 is 0 Å². The average Bonchev–Trinajstić information content (AvgIpc) is 2.20. The molecule has 1 amide bonds. The molecule has 4 heteroatoms. The summed E-state index contributed by atoms with van der Waals surface area (Å²) in [6.07, 6.45) is 0. The fourth-order valence-corrected chi connectivity index (χ4v) is 0.905. The average molecular weight is 198 g/mol. The van der Waals surface area contributed by atoms with Gasteiger partial charge in [0.2, 0.25) is 0 Å². The third kappa shape index (κ3) is 2.73. The van der Waals surface area contributed by atoms with Gasteiger partial charge in [-0.3, -0.25) is 4.79 Å². The van der Waals surface area contributed by atoms with Gasteiger partial charge in [0, 0.05) is 12.7 Å². The summed E-state index contributed by atoms with van der Waals surface area (Å²) in [5.74, 6) is -1.11. The molecule has 14 heavy (non-hydrogen) atoms. The van der Waals surface area contributed by atoms with Crippen LogP contribution in [0.1, 0.15) is 24.2 Å². The Morgan fingerprint density at radius 3 is 2.43 bits per heavy atom. The first-order valence-electron chi connectivity index (χ1n) is 4.43. The molecular weight excluding hydrogens is 183 g/mol. The molecule has 1 aromatic carbocycles. The molecule has 3 N–H and O–H groups in total. The lowest BCUT2D eigenvalue weighted by molar-refractivity contribution is 0.0960. The molecule has 0 aromatic heterocycles. The van der Waals surface area contributed by atoms with Crippen molar-refractivity contribution in [3.63, 3.8) is 0 Å². The highest BCUT2D eigenvalue weighted by atomic mass is 19.1. The minimum atomic E-state index is -0.602. The Morgan fingerprint density at radius 2 is 2.00 bits per heavy atom. The normalized spacial score (nSPS) is 8.57. The van der Waals surface area contributed by atoms with Crippen LogP contribution in [0.3, 0.4) is 0 Å². The molecule has 0 saturated carbocycles. The summed E-state index contributed by atoms with van der Waals surface area (Å²) >= 11 is 0. The molecule has 1 aromatic rings. The van der Waals surface area contributed by atoms with Crippen molar-refractivity contribution in [2.45, 2.75) is 13.8 Å². The maximum atomic E-state index is 12.9. The number of rotatable bonds is 1. The van der Waals surface area contributed by atoms with Crippen molar-refractivity contribution in [1.82, 2.24) is 5.32 Å². The van der Waals surface area contributed by atoms with Gasteiger partial charge in [-0.15, -0.1) is 0 Å². The third-order valence-electron chi connectivity index (χ3n) is 1.50. The van der Waals surface area contributed by atoms with Crippen LogP contribution in [0.25, 0.3) is 0 Å². The molecule has 0 aliphatic rings. The molecule has 0 atom stereocenters. The fourth-order valence-electron chi connectivity index (χ4n) is 0.905. The van der Waals surface area contributed by atoms with Gasteiger partial charge in [-0.25, -0.2) is 4.39 Å². The van der Waals surface area contributed by atoms with Crippen LogP contribution in [0.4, 0.5) is 10.1 Å². The minimum Gasteiger partial charge on any atom is -0.398 e. The molecule has 1 rings (SSSR count). The molecule has 0 bridgehead atoms. The number of anilines is 1. The molecule has 0 spiro atoms. The van der Waals surface area contributed by atoms with Crippen LogP contribution < -0.4 is 11.1 Å². The van der Waals surface area contributed by atoms with Gasteiger partial charge in [0.1, 0.15) is 5.82 Å². The van der Waals surface area contributed by atoms with E-state index in [0.717, 1.165) is 0 Å².